The summed E-state index contributed by atoms with van der Waals surface area (Å²) in [6.07, 6.45) is 3.55. The van der Waals surface area contributed by atoms with Crippen LogP contribution in [0.15, 0.2) is 54.7 Å². The van der Waals surface area contributed by atoms with Gasteiger partial charge in [0.15, 0.2) is 0 Å². The molecule has 1 aromatic heterocycles. The number of amides is 1. The second-order valence-corrected chi connectivity index (χ2v) is 8.09. The SMILES string of the molecule is COc1cccc(CN2CCC(c3ncc(C(=O)Nc4ccc(F)cc4)c(C)n3)CC2)c1. The molecule has 2 heterocycles. The molecule has 0 aliphatic carbocycles. The van der Waals surface area contributed by atoms with Crippen LogP contribution in [-0.4, -0.2) is 41.0 Å². The summed E-state index contributed by atoms with van der Waals surface area (Å²) < 4.78 is 18.4. The molecule has 0 unspecified atom stereocenters. The number of aryl methyl sites for hydroxylation is 1. The molecule has 1 amide bonds. The molecule has 4 rings (SSSR count). The van der Waals surface area contributed by atoms with Crippen molar-refractivity contribution in [2.45, 2.75) is 32.2 Å². The number of halogens is 1. The molecule has 1 aliphatic heterocycles. The summed E-state index contributed by atoms with van der Waals surface area (Å²) in [6, 6.07) is 13.8. The first-order chi connectivity index (χ1) is 15.5. The molecule has 2 aromatic carbocycles. The first kappa shape index (κ1) is 21.9. The number of carbonyl (C=O) groups excluding carboxylic acids is 1. The predicted octanol–water partition coefficient (Wildman–Crippen LogP) is 4.56. The lowest BCUT2D eigenvalue weighted by Crippen LogP contribution is -2.33. The molecule has 0 atom stereocenters. The minimum atomic E-state index is -0.346. The summed E-state index contributed by atoms with van der Waals surface area (Å²) in [5.41, 5.74) is 2.84. The highest BCUT2D eigenvalue weighted by atomic mass is 19.1. The number of carbonyl (C=O) groups is 1. The molecule has 0 spiro atoms. The van der Waals surface area contributed by atoms with E-state index in [-0.39, 0.29) is 17.6 Å². The van der Waals surface area contributed by atoms with Crippen LogP contribution in [-0.2, 0) is 6.54 Å². The first-order valence-electron chi connectivity index (χ1n) is 10.8. The fourth-order valence-corrected chi connectivity index (χ4v) is 4.01. The molecular formula is C25H27FN4O2. The van der Waals surface area contributed by atoms with Crippen LogP contribution < -0.4 is 10.1 Å². The fourth-order valence-electron chi connectivity index (χ4n) is 4.01. The third-order valence-corrected chi connectivity index (χ3v) is 5.84. The van der Waals surface area contributed by atoms with Gasteiger partial charge in [0, 0.05) is 24.3 Å². The van der Waals surface area contributed by atoms with E-state index in [1.54, 1.807) is 13.3 Å². The highest BCUT2D eigenvalue weighted by Gasteiger charge is 2.24. The van der Waals surface area contributed by atoms with Crippen LogP contribution in [0.1, 0.15) is 46.2 Å². The van der Waals surface area contributed by atoms with Gasteiger partial charge in [-0.3, -0.25) is 9.69 Å². The number of nitrogens with one attached hydrogen (secondary N) is 1. The number of piperidine rings is 1. The molecular weight excluding hydrogens is 407 g/mol. The van der Waals surface area contributed by atoms with Gasteiger partial charge in [0.1, 0.15) is 17.4 Å². The van der Waals surface area contributed by atoms with Crippen molar-refractivity contribution in [3.63, 3.8) is 0 Å². The number of nitrogens with zero attached hydrogens (tertiary/aromatic N) is 3. The summed E-state index contributed by atoms with van der Waals surface area (Å²) >= 11 is 0. The Balaban J connectivity index is 1.35. The van der Waals surface area contributed by atoms with Crippen LogP contribution >= 0.6 is 0 Å². The lowest BCUT2D eigenvalue weighted by molar-refractivity contribution is 0.102. The van der Waals surface area contributed by atoms with Crippen molar-refractivity contribution in [1.82, 2.24) is 14.9 Å². The molecule has 166 valence electrons. The van der Waals surface area contributed by atoms with Gasteiger partial charge in [0.25, 0.3) is 5.91 Å². The highest BCUT2D eigenvalue weighted by molar-refractivity contribution is 6.04. The third kappa shape index (κ3) is 5.29. The largest absolute Gasteiger partial charge is 0.497 e. The van der Waals surface area contributed by atoms with E-state index < -0.39 is 0 Å². The van der Waals surface area contributed by atoms with Crippen LogP contribution in [0.2, 0.25) is 0 Å². The lowest BCUT2D eigenvalue weighted by Gasteiger charge is -2.31. The van der Waals surface area contributed by atoms with Gasteiger partial charge >= 0.3 is 0 Å². The molecule has 1 fully saturated rings. The van der Waals surface area contributed by atoms with Crippen LogP contribution in [0, 0.1) is 12.7 Å². The molecule has 32 heavy (non-hydrogen) atoms. The maximum atomic E-state index is 13.1. The number of hydrogen-bond donors (Lipinski definition) is 1. The van der Waals surface area contributed by atoms with Gasteiger partial charge in [-0.25, -0.2) is 14.4 Å². The molecule has 1 N–H and O–H groups in total. The third-order valence-electron chi connectivity index (χ3n) is 5.84. The van der Waals surface area contributed by atoms with Crippen molar-refractivity contribution in [2.75, 3.05) is 25.5 Å². The van der Waals surface area contributed by atoms with E-state index in [1.165, 1.54) is 29.8 Å². The van der Waals surface area contributed by atoms with Crippen molar-refractivity contribution in [3.8, 4) is 5.75 Å². The summed E-state index contributed by atoms with van der Waals surface area (Å²) in [7, 11) is 1.68. The zero-order chi connectivity index (χ0) is 22.5. The second-order valence-electron chi connectivity index (χ2n) is 8.09. The zero-order valence-electron chi connectivity index (χ0n) is 18.3. The standard InChI is InChI=1S/C25H27FN4O2/c1-17-23(25(31)29-21-8-6-20(26)7-9-21)15-27-24(28-17)19-10-12-30(13-11-19)16-18-4-3-5-22(14-18)32-2/h3-9,14-15,19H,10-13,16H2,1-2H3,(H,29,31). The van der Waals surface area contributed by atoms with Gasteiger partial charge in [-0.2, -0.15) is 0 Å². The number of methoxy groups -OCH3 is 1. The molecule has 3 aromatic rings. The topological polar surface area (TPSA) is 67.3 Å². The van der Waals surface area contributed by atoms with Gasteiger partial charge in [0.05, 0.1) is 18.4 Å². The number of anilines is 1. The van der Waals surface area contributed by atoms with E-state index >= 15 is 0 Å². The van der Waals surface area contributed by atoms with Crippen LogP contribution in [0.25, 0.3) is 0 Å². The van der Waals surface area contributed by atoms with Crippen molar-refractivity contribution >= 4 is 11.6 Å². The summed E-state index contributed by atoms with van der Waals surface area (Å²) in [5, 5.41) is 2.76. The van der Waals surface area contributed by atoms with Crippen molar-refractivity contribution in [3.05, 3.63) is 83.2 Å². The van der Waals surface area contributed by atoms with E-state index in [9.17, 15) is 9.18 Å². The quantitative estimate of drug-likeness (QED) is 0.616. The predicted molar refractivity (Wildman–Crippen MR) is 121 cm³/mol. The average molecular weight is 435 g/mol. The fraction of sp³-hybridized carbons (Fsp3) is 0.320. The van der Waals surface area contributed by atoms with Crippen molar-refractivity contribution in [2.24, 2.45) is 0 Å². The Labute approximate surface area is 187 Å². The molecule has 1 aliphatic rings. The van der Waals surface area contributed by atoms with Crippen LogP contribution in [0.3, 0.4) is 0 Å². The Kier molecular flexibility index (Phi) is 6.75. The number of aromatic nitrogens is 2. The molecule has 6 nitrogen and oxygen atoms in total. The second kappa shape index (κ2) is 9.87. The van der Waals surface area contributed by atoms with Gasteiger partial charge < -0.3 is 10.1 Å². The van der Waals surface area contributed by atoms with E-state index in [0.29, 0.717) is 16.9 Å². The Morgan fingerprint density at radius 2 is 1.94 bits per heavy atom. The Hall–Kier alpha value is -3.32. The first-order valence-corrected chi connectivity index (χ1v) is 10.8. The molecule has 0 bridgehead atoms. The molecule has 0 saturated carbocycles. The number of ether oxygens (including phenoxy) is 1. The Morgan fingerprint density at radius 3 is 2.62 bits per heavy atom. The van der Waals surface area contributed by atoms with E-state index in [0.717, 1.165) is 44.0 Å². The van der Waals surface area contributed by atoms with E-state index in [2.05, 4.69) is 32.3 Å². The minimum absolute atomic E-state index is 0.282. The van der Waals surface area contributed by atoms with Gasteiger partial charge in [-0.15, -0.1) is 0 Å². The monoisotopic (exact) mass is 434 g/mol. The summed E-state index contributed by atoms with van der Waals surface area (Å²) in [4.78, 5) is 24.1. The Bertz CT molecular complexity index is 1080. The molecule has 0 radical (unpaired) electrons. The average Bonchev–Trinajstić information content (AvgIpc) is 2.81. The number of likely N-dealkylation sites (tertiary alicyclic amines) is 1. The van der Waals surface area contributed by atoms with E-state index in [4.69, 9.17) is 4.74 Å². The van der Waals surface area contributed by atoms with Gasteiger partial charge in [0.2, 0.25) is 0 Å². The maximum absolute atomic E-state index is 13.1. The summed E-state index contributed by atoms with van der Waals surface area (Å²) in [5.74, 6) is 1.31. The molecule has 1 saturated heterocycles. The number of rotatable bonds is 6. The molecule has 7 heteroatoms. The van der Waals surface area contributed by atoms with Crippen LogP contribution in [0.4, 0.5) is 10.1 Å². The maximum Gasteiger partial charge on any atom is 0.259 e. The van der Waals surface area contributed by atoms with Crippen molar-refractivity contribution in [1.29, 1.82) is 0 Å². The number of benzene rings is 2. The van der Waals surface area contributed by atoms with Crippen LogP contribution in [0.5, 0.6) is 5.75 Å². The highest BCUT2D eigenvalue weighted by Crippen LogP contribution is 2.27. The minimum Gasteiger partial charge on any atom is -0.497 e. The normalized spacial score (nSPS) is 14.8. The van der Waals surface area contributed by atoms with Crippen molar-refractivity contribution < 1.29 is 13.9 Å². The summed E-state index contributed by atoms with van der Waals surface area (Å²) in [6.45, 7) is 4.66. The smallest absolute Gasteiger partial charge is 0.259 e. The number of hydrogen-bond acceptors (Lipinski definition) is 5. The van der Waals surface area contributed by atoms with Gasteiger partial charge in [-0.1, -0.05) is 12.1 Å². The zero-order valence-corrected chi connectivity index (χ0v) is 18.3. The lowest BCUT2D eigenvalue weighted by atomic mass is 9.95. The van der Waals surface area contributed by atoms with Gasteiger partial charge in [-0.05, 0) is 74.8 Å². The Morgan fingerprint density at radius 1 is 1.19 bits per heavy atom. The van der Waals surface area contributed by atoms with E-state index in [1.807, 2.05) is 19.1 Å².